The molecule has 0 aliphatic carbocycles. The molecule has 0 saturated carbocycles. The molecule has 8 heteroatoms. The van der Waals surface area contributed by atoms with Crippen LogP contribution in [0.2, 0.25) is 0 Å². The van der Waals surface area contributed by atoms with Crippen LogP contribution in [0.5, 0.6) is 5.75 Å². The molecule has 2 rings (SSSR count). The Morgan fingerprint density at radius 1 is 1.35 bits per heavy atom. The zero-order valence-corrected chi connectivity index (χ0v) is 15.8. The maximum Gasteiger partial charge on any atom is 0.228 e. The van der Waals surface area contributed by atoms with Crippen LogP contribution in [0.3, 0.4) is 0 Å². The van der Waals surface area contributed by atoms with E-state index in [0.29, 0.717) is 30.6 Å². The van der Waals surface area contributed by atoms with Gasteiger partial charge in [0, 0.05) is 25.9 Å². The molecule has 0 fully saturated rings. The third-order valence-electron chi connectivity index (χ3n) is 3.88. The summed E-state index contributed by atoms with van der Waals surface area (Å²) in [4.78, 5) is 8.52. The van der Waals surface area contributed by atoms with E-state index in [-0.39, 0.29) is 23.5 Å². The summed E-state index contributed by atoms with van der Waals surface area (Å²) in [5, 5.41) is 10.3. The van der Waals surface area contributed by atoms with Crippen LogP contribution in [0.25, 0.3) is 0 Å². The van der Waals surface area contributed by atoms with Crippen molar-refractivity contribution in [3.05, 3.63) is 41.3 Å². The molecule has 0 saturated heterocycles. The van der Waals surface area contributed by atoms with Crippen molar-refractivity contribution in [2.45, 2.75) is 39.2 Å². The highest BCUT2D eigenvalue weighted by Crippen LogP contribution is 2.21. The summed E-state index contributed by atoms with van der Waals surface area (Å²) >= 11 is 0. The largest absolute Gasteiger partial charge is 0.494 e. The predicted octanol–water partition coefficient (Wildman–Crippen LogP) is 2.81. The Kier molecular flexibility index (Phi) is 6.94. The van der Waals surface area contributed by atoms with E-state index in [1.54, 1.807) is 13.1 Å². The van der Waals surface area contributed by atoms with Crippen LogP contribution in [-0.4, -0.2) is 36.8 Å². The molecule has 26 heavy (non-hydrogen) atoms. The number of nitrogens with zero attached hydrogens (tertiary/aromatic N) is 3. The quantitative estimate of drug-likeness (QED) is 0.581. The van der Waals surface area contributed by atoms with Crippen LogP contribution >= 0.6 is 0 Å². The van der Waals surface area contributed by atoms with Crippen molar-refractivity contribution in [2.75, 3.05) is 20.7 Å². The minimum atomic E-state index is -0.390. The third-order valence-corrected chi connectivity index (χ3v) is 3.88. The number of aromatic nitrogens is 2. The Labute approximate surface area is 153 Å². The molecule has 2 N–H and O–H groups in total. The highest BCUT2D eigenvalue weighted by molar-refractivity contribution is 5.80. The van der Waals surface area contributed by atoms with E-state index >= 15 is 0 Å². The van der Waals surface area contributed by atoms with Crippen molar-refractivity contribution in [1.82, 2.24) is 20.8 Å². The number of hydrogen-bond acceptors (Lipinski definition) is 5. The number of hydrogen-bond donors (Lipinski definition) is 2. The standard InChI is InChI=1S/C18H26FN5O2/c1-11(2)17-23-16(26-24-17)8-9-21-18(20-4)22-12(3)13-6-7-15(25-5)14(19)10-13/h6-7,10-12H,8-9H2,1-5H3,(H2,20,21,22). The highest BCUT2D eigenvalue weighted by atomic mass is 19.1. The summed E-state index contributed by atoms with van der Waals surface area (Å²) in [6.45, 7) is 6.55. The molecule has 7 nitrogen and oxygen atoms in total. The number of aliphatic imine (C=N–C) groups is 1. The van der Waals surface area contributed by atoms with Crippen LogP contribution in [0, 0.1) is 5.82 Å². The van der Waals surface area contributed by atoms with Gasteiger partial charge in [0.05, 0.1) is 13.2 Å². The Hall–Kier alpha value is -2.64. The van der Waals surface area contributed by atoms with Gasteiger partial charge in [0.15, 0.2) is 23.4 Å². The molecule has 0 spiro atoms. The van der Waals surface area contributed by atoms with Crippen LogP contribution in [0.1, 0.15) is 50.0 Å². The first-order valence-electron chi connectivity index (χ1n) is 8.57. The number of benzene rings is 1. The number of rotatable bonds is 7. The van der Waals surface area contributed by atoms with Crippen molar-refractivity contribution < 1.29 is 13.7 Å². The van der Waals surface area contributed by atoms with E-state index in [1.807, 2.05) is 26.8 Å². The highest BCUT2D eigenvalue weighted by Gasteiger charge is 2.12. The van der Waals surface area contributed by atoms with E-state index in [2.05, 4.69) is 25.8 Å². The maximum atomic E-state index is 13.9. The fourth-order valence-corrected chi connectivity index (χ4v) is 2.33. The number of ether oxygens (including phenoxy) is 1. The van der Waals surface area contributed by atoms with Crippen LogP contribution in [0.4, 0.5) is 4.39 Å². The first-order chi connectivity index (χ1) is 12.4. The number of methoxy groups -OCH3 is 1. The molecule has 1 aromatic carbocycles. The van der Waals surface area contributed by atoms with Gasteiger partial charge in [-0.15, -0.1) is 0 Å². The van der Waals surface area contributed by atoms with E-state index < -0.39 is 0 Å². The SMILES string of the molecule is CN=C(NCCc1nc(C(C)C)no1)NC(C)c1ccc(OC)c(F)c1. The number of nitrogens with one attached hydrogen (secondary N) is 2. The van der Waals surface area contributed by atoms with Gasteiger partial charge in [-0.1, -0.05) is 25.1 Å². The maximum absolute atomic E-state index is 13.9. The summed E-state index contributed by atoms with van der Waals surface area (Å²) in [6.07, 6.45) is 0.589. The summed E-state index contributed by atoms with van der Waals surface area (Å²) in [7, 11) is 3.12. The lowest BCUT2D eigenvalue weighted by Crippen LogP contribution is -2.39. The van der Waals surface area contributed by atoms with E-state index in [4.69, 9.17) is 9.26 Å². The molecule has 142 valence electrons. The second-order valence-electron chi connectivity index (χ2n) is 6.21. The van der Waals surface area contributed by atoms with Crippen molar-refractivity contribution in [3.8, 4) is 5.75 Å². The Balaban J connectivity index is 1.87. The average Bonchev–Trinajstić information content (AvgIpc) is 3.09. The lowest BCUT2D eigenvalue weighted by molar-refractivity contribution is 0.371. The molecule has 0 aliphatic heterocycles. The fraction of sp³-hybridized carbons (Fsp3) is 0.500. The monoisotopic (exact) mass is 363 g/mol. The molecule has 0 bridgehead atoms. The lowest BCUT2D eigenvalue weighted by Gasteiger charge is -2.18. The summed E-state index contributed by atoms with van der Waals surface area (Å²) in [6, 6.07) is 4.76. The average molecular weight is 363 g/mol. The van der Waals surface area contributed by atoms with Crippen molar-refractivity contribution in [2.24, 2.45) is 4.99 Å². The molecule has 0 amide bonds. The Morgan fingerprint density at radius 2 is 2.12 bits per heavy atom. The smallest absolute Gasteiger partial charge is 0.228 e. The summed E-state index contributed by atoms with van der Waals surface area (Å²) < 4.78 is 24.0. The zero-order chi connectivity index (χ0) is 19.1. The van der Waals surface area contributed by atoms with Gasteiger partial charge in [-0.25, -0.2) is 4.39 Å². The zero-order valence-electron chi connectivity index (χ0n) is 15.8. The van der Waals surface area contributed by atoms with Crippen LogP contribution < -0.4 is 15.4 Å². The van der Waals surface area contributed by atoms with Crippen LogP contribution in [-0.2, 0) is 6.42 Å². The second-order valence-corrected chi connectivity index (χ2v) is 6.21. The van der Waals surface area contributed by atoms with Crippen molar-refractivity contribution in [1.29, 1.82) is 0 Å². The normalized spacial score (nSPS) is 13.0. The number of halogens is 1. The third kappa shape index (κ3) is 5.18. The first kappa shape index (κ1) is 19.7. The van der Waals surface area contributed by atoms with Crippen molar-refractivity contribution in [3.63, 3.8) is 0 Å². The Bertz CT molecular complexity index is 745. The van der Waals surface area contributed by atoms with E-state index in [0.717, 1.165) is 5.56 Å². The van der Waals surface area contributed by atoms with Gasteiger partial charge in [-0.05, 0) is 24.6 Å². The molecule has 1 atom stereocenters. The van der Waals surface area contributed by atoms with Gasteiger partial charge < -0.3 is 19.9 Å². The molecule has 0 radical (unpaired) electrons. The molecule has 0 aliphatic rings. The number of guanidine groups is 1. The van der Waals surface area contributed by atoms with Gasteiger partial charge in [0.25, 0.3) is 0 Å². The van der Waals surface area contributed by atoms with Gasteiger partial charge in [-0.3, -0.25) is 4.99 Å². The van der Waals surface area contributed by atoms with Crippen LogP contribution in [0.15, 0.2) is 27.7 Å². The minimum absolute atomic E-state index is 0.127. The predicted molar refractivity (Wildman–Crippen MR) is 98.0 cm³/mol. The summed E-state index contributed by atoms with van der Waals surface area (Å²) in [5.74, 6) is 1.97. The van der Waals surface area contributed by atoms with Gasteiger partial charge in [-0.2, -0.15) is 4.98 Å². The lowest BCUT2D eigenvalue weighted by atomic mass is 10.1. The first-order valence-corrected chi connectivity index (χ1v) is 8.57. The second kappa shape index (κ2) is 9.17. The molecule has 1 heterocycles. The van der Waals surface area contributed by atoms with Gasteiger partial charge >= 0.3 is 0 Å². The molecule has 1 aromatic heterocycles. The van der Waals surface area contributed by atoms with E-state index in [9.17, 15) is 4.39 Å². The molecular weight excluding hydrogens is 337 g/mol. The van der Waals surface area contributed by atoms with E-state index in [1.165, 1.54) is 13.2 Å². The van der Waals surface area contributed by atoms with Gasteiger partial charge in [0.1, 0.15) is 0 Å². The minimum Gasteiger partial charge on any atom is -0.494 e. The summed E-state index contributed by atoms with van der Waals surface area (Å²) in [5.41, 5.74) is 0.796. The Morgan fingerprint density at radius 3 is 2.69 bits per heavy atom. The fourth-order valence-electron chi connectivity index (χ4n) is 2.33. The van der Waals surface area contributed by atoms with Crippen molar-refractivity contribution >= 4 is 5.96 Å². The molecule has 1 unspecified atom stereocenters. The molecular formula is C18H26FN5O2. The molecule has 2 aromatic rings. The van der Waals surface area contributed by atoms with Gasteiger partial charge in [0.2, 0.25) is 5.89 Å². The topological polar surface area (TPSA) is 84.6 Å².